The van der Waals surface area contributed by atoms with Gasteiger partial charge in [-0.2, -0.15) is 15.0 Å². The van der Waals surface area contributed by atoms with E-state index in [4.69, 9.17) is 11.6 Å². The molecule has 0 bridgehead atoms. The van der Waals surface area contributed by atoms with E-state index in [1.807, 2.05) is 0 Å². The van der Waals surface area contributed by atoms with Gasteiger partial charge in [-0.05, 0) is 44.8 Å². The second-order valence-corrected chi connectivity index (χ2v) is 5.92. The van der Waals surface area contributed by atoms with E-state index in [2.05, 4.69) is 51.0 Å². The molecule has 7 heteroatoms. The molecule has 2 heterocycles. The topological polar surface area (TPSA) is 57.2 Å². The van der Waals surface area contributed by atoms with E-state index in [0.29, 0.717) is 17.9 Å². The Labute approximate surface area is 131 Å². The number of rotatable bonds is 7. The molecule has 1 aliphatic heterocycles. The molecule has 1 saturated heterocycles. The van der Waals surface area contributed by atoms with Gasteiger partial charge in [-0.15, -0.1) is 0 Å². The second kappa shape index (κ2) is 7.75. The van der Waals surface area contributed by atoms with Gasteiger partial charge in [0.15, 0.2) is 0 Å². The zero-order valence-corrected chi connectivity index (χ0v) is 13.9. The highest BCUT2D eigenvalue weighted by Gasteiger charge is 2.17. The van der Waals surface area contributed by atoms with E-state index >= 15 is 0 Å². The molecule has 1 fully saturated rings. The molecule has 1 N–H and O–H groups in total. The lowest BCUT2D eigenvalue weighted by molar-refractivity contribution is 0.261. The minimum atomic E-state index is 0.254. The first-order valence-electron chi connectivity index (χ1n) is 7.70. The number of likely N-dealkylation sites (N-methyl/N-ethyl adjacent to an activating group) is 1. The van der Waals surface area contributed by atoms with Crippen LogP contribution < -0.4 is 10.2 Å². The summed E-state index contributed by atoms with van der Waals surface area (Å²) in [4.78, 5) is 17.3. The molecule has 0 aliphatic carbocycles. The summed E-state index contributed by atoms with van der Waals surface area (Å²) >= 11 is 6.00. The SMILES string of the molecule is CCC(C)N(C)CCNc1nc(Cl)nc(N2CCCC2)n1. The van der Waals surface area contributed by atoms with Crippen molar-refractivity contribution in [1.82, 2.24) is 19.9 Å². The molecular weight excluding hydrogens is 288 g/mol. The van der Waals surface area contributed by atoms with Crippen molar-refractivity contribution in [3.05, 3.63) is 5.28 Å². The molecule has 0 saturated carbocycles. The number of halogens is 1. The first-order valence-corrected chi connectivity index (χ1v) is 8.08. The largest absolute Gasteiger partial charge is 0.353 e. The maximum Gasteiger partial charge on any atom is 0.231 e. The smallest absolute Gasteiger partial charge is 0.231 e. The van der Waals surface area contributed by atoms with E-state index < -0.39 is 0 Å². The Kier molecular flexibility index (Phi) is 5.99. The average molecular weight is 313 g/mol. The molecule has 1 unspecified atom stereocenters. The predicted molar refractivity (Wildman–Crippen MR) is 87.2 cm³/mol. The third kappa shape index (κ3) is 4.68. The second-order valence-electron chi connectivity index (χ2n) is 5.59. The van der Waals surface area contributed by atoms with E-state index in [1.54, 1.807) is 0 Å². The Morgan fingerprint density at radius 3 is 2.67 bits per heavy atom. The molecule has 1 aromatic heterocycles. The lowest BCUT2D eigenvalue weighted by Gasteiger charge is -2.23. The number of anilines is 2. The summed E-state index contributed by atoms with van der Waals surface area (Å²) < 4.78 is 0. The molecule has 21 heavy (non-hydrogen) atoms. The highest BCUT2D eigenvalue weighted by molar-refractivity contribution is 6.28. The zero-order chi connectivity index (χ0) is 15.2. The predicted octanol–water partition coefficient (Wildman–Crippen LogP) is 2.27. The lowest BCUT2D eigenvalue weighted by Crippen LogP contribution is -2.33. The van der Waals surface area contributed by atoms with Crippen molar-refractivity contribution in [2.75, 3.05) is 43.4 Å². The van der Waals surface area contributed by atoms with Gasteiger partial charge in [0.05, 0.1) is 0 Å². The summed E-state index contributed by atoms with van der Waals surface area (Å²) in [7, 11) is 2.13. The van der Waals surface area contributed by atoms with Gasteiger partial charge in [0.2, 0.25) is 17.2 Å². The van der Waals surface area contributed by atoms with Crippen LogP contribution in [0.3, 0.4) is 0 Å². The molecule has 0 spiro atoms. The van der Waals surface area contributed by atoms with Crippen molar-refractivity contribution in [1.29, 1.82) is 0 Å². The molecule has 118 valence electrons. The third-order valence-corrected chi connectivity index (χ3v) is 4.25. The maximum absolute atomic E-state index is 6.00. The first-order chi connectivity index (χ1) is 10.1. The van der Waals surface area contributed by atoms with Crippen molar-refractivity contribution < 1.29 is 0 Å². The Bertz CT molecular complexity index is 449. The fourth-order valence-electron chi connectivity index (χ4n) is 2.35. The van der Waals surface area contributed by atoms with Gasteiger partial charge < -0.3 is 15.1 Å². The Balaban J connectivity index is 1.90. The van der Waals surface area contributed by atoms with E-state index in [-0.39, 0.29) is 5.28 Å². The van der Waals surface area contributed by atoms with Gasteiger partial charge in [-0.25, -0.2) is 0 Å². The van der Waals surface area contributed by atoms with E-state index in [9.17, 15) is 0 Å². The standard InChI is InChI=1S/C14H25ClN6/c1-4-11(2)20(3)10-7-16-13-17-12(15)18-14(19-13)21-8-5-6-9-21/h11H,4-10H2,1-3H3,(H,16,17,18,19). The molecule has 0 amide bonds. The summed E-state index contributed by atoms with van der Waals surface area (Å²) in [5.41, 5.74) is 0. The fraction of sp³-hybridized carbons (Fsp3) is 0.786. The maximum atomic E-state index is 6.00. The van der Waals surface area contributed by atoms with E-state index in [0.717, 1.165) is 32.6 Å². The monoisotopic (exact) mass is 312 g/mol. The number of aromatic nitrogens is 3. The first kappa shape index (κ1) is 16.2. The van der Waals surface area contributed by atoms with Gasteiger partial charge in [0.25, 0.3) is 0 Å². The van der Waals surface area contributed by atoms with Crippen LogP contribution in [0.2, 0.25) is 5.28 Å². The number of hydrogen-bond donors (Lipinski definition) is 1. The van der Waals surface area contributed by atoms with Gasteiger partial charge in [0.1, 0.15) is 0 Å². The van der Waals surface area contributed by atoms with Crippen LogP contribution in [0, 0.1) is 0 Å². The highest BCUT2D eigenvalue weighted by atomic mass is 35.5. The van der Waals surface area contributed by atoms with E-state index in [1.165, 1.54) is 12.8 Å². The van der Waals surface area contributed by atoms with Gasteiger partial charge in [-0.1, -0.05) is 6.92 Å². The third-order valence-electron chi connectivity index (χ3n) is 4.08. The summed E-state index contributed by atoms with van der Waals surface area (Å²) in [6.07, 6.45) is 3.52. The zero-order valence-electron chi connectivity index (χ0n) is 13.1. The molecule has 1 aromatic rings. The van der Waals surface area contributed by atoms with Crippen molar-refractivity contribution in [3.63, 3.8) is 0 Å². The molecule has 1 aliphatic rings. The molecule has 0 radical (unpaired) electrons. The van der Waals surface area contributed by atoms with Crippen LogP contribution in [0.25, 0.3) is 0 Å². The van der Waals surface area contributed by atoms with Crippen molar-refractivity contribution in [3.8, 4) is 0 Å². The summed E-state index contributed by atoms with van der Waals surface area (Å²) in [5.74, 6) is 1.25. The van der Waals surface area contributed by atoms with Crippen LogP contribution in [0.1, 0.15) is 33.1 Å². The van der Waals surface area contributed by atoms with Crippen LogP contribution in [0.15, 0.2) is 0 Å². The van der Waals surface area contributed by atoms with Gasteiger partial charge in [-0.3, -0.25) is 0 Å². The summed E-state index contributed by atoms with van der Waals surface area (Å²) in [6.45, 7) is 8.15. The Morgan fingerprint density at radius 1 is 1.29 bits per heavy atom. The molecule has 1 atom stereocenters. The molecule has 0 aromatic carbocycles. The van der Waals surface area contributed by atoms with Gasteiger partial charge in [0, 0.05) is 32.2 Å². The Morgan fingerprint density at radius 2 is 2.00 bits per heavy atom. The molecular formula is C14H25ClN6. The molecule has 2 rings (SSSR count). The summed E-state index contributed by atoms with van der Waals surface area (Å²) in [6, 6.07) is 0.578. The van der Waals surface area contributed by atoms with Crippen LogP contribution in [-0.2, 0) is 0 Å². The highest BCUT2D eigenvalue weighted by Crippen LogP contribution is 2.18. The van der Waals surface area contributed by atoms with Crippen molar-refractivity contribution in [2.24, 2.45) is 0 Å². The normalized spacial score (nSPS) is 16.5. The number of nitrogens with zero attached hydrogens (tertiary/aromatic N) is 5. The van der Waals surface area contributed by atoms with Gasteiger partial charge >= 0.3 is 0 Å². The minimum Gasteiger partial charge on any atom is -0.353 e. The lowest BCUT2D eigenvalue weighted by atomic mass is 10.2. The van der Waals surface area contributed by atoms with Crippen LogP contribution in [0.4, 0.5) is 11.9 Å². The number of hydrogen-bond acceptors (Lipinski definition) is 6. The minimum absolute atomic E-state index is 0.254. The summed E-state index contributed by atoms with van der Waals surface area (Å²) in [5, 5.41) is 3.50. The van der Waals surface area contributed by atoms with Crippen LogP contribution >= 0.6 is 11.6 Å². The fourth-order valence-corrected chi connectivity index (χ4v) is 2.51. The van der Waals surface area contributed by atoms with Crippen LogP contribution in [-0.4, -0.2) is 59.1 Å². The Hall–Kier alpha value is -1.14. The quantitative estimate of drug-likeness (QED) is 0.833. The van der Waals surface area contributed by atoms with Crippen LogP contribution in [0.5, 0.6) is 0 Å². The van der Waals surface area contributed by atoms with Crippen molar-refractivity contribution in [2.45, 2.75) is 39.2 Å². The molecule has 6 nitrogen and oxygen atoms in total. The number of nitrogens with one attached hydrogen (secondary N) is 1. The van der Waals surface area contributed by atoms with Crippen molar-refractivity contribution >= 4 is 23.5 Å². The average Bonchev–Trinajstić information content (AvgIpc) is 3.00.